The van der Waals surface area contributed by atoms with E-state index in [1.54, 1.807) is 19.2 Å². The van der Waals surface area contributed by atoms with Gasteiger partial charge in [0.25, 0.3) is 0 Å². The van der Waals surface area contributed by atoms with E-state index in [9.17, 15) is 13.2 Å². The predicted molar refractivity (Wildman–Crippen MR) is 121 cm³/mol. The van der Waals surface area contributed by atoms with Crippen molar-refractivity contribution in [2.24, 2.45) is 0 Å². The Morgan fingerprint density at radius 2 is 1.68 bits per heavy atom. The molecule has 0 saturated carbocycles. The van der Waals surface area contributed by atoms with Crippen LogP contribution in [0.5, 0.6) is 5.75 Å². The van der Waals surface area contributed by atoms with Gasteiger partial charge in [0, 0.05) is 32.7 Å². The SMILES string of the molecule is COc1ccc(CCNC(=O)CN2CCN(S(=O)(=O)c3ccc(C)c(C)c3)CC2)cc1. The van der Waals surface area contributed by atoms with E-state index in [-0.39, 0.29) is 12.5 Å². The zero-order valence-corrected chi connectivity index (χ0v) is 19.2. The van der Waals surface area contributed by atoms with Gasteiger partial charge in [-0.1, -0.05) is 18.2 Å². The molecule has 0 radical (unpaired) electrons. The highest BCUT2D eigenvalue weighted by atomic mass is 32.2. The lowest BCUT2D eigenvalue weighted by Crippen LogP contribution is -2.51. The van der Waals surface area contributed by atoms with Crippen LogP contribution < -0.4 is 10.1 Å². The van der Waals surface area contributed by atoms with Crippen molar-refractivity contribution in [2.45, 2.75) is 25.2 Å². The summed E-state index contributed by atoms with van der Waals surface area (Å²) in [5.41, 5.74) is 3.17. The molecule has 31 heavy (non-hydrogen) atoms. The Morgan fingerprint density at radius 1 is 1.00 bits per heavy atom. The lowest BCUT2D eigenvalue weighted by Gasteiger charge is -2.33. The maximum atomic E-state index is 12.9. The van der Waals surface area contributed by atoms with Crippen molar-refractivity contribution in [3.05, 3.63) is 59.2 Å². The number of piperazine rings is 1. The van der Waals surface area contributed by atoms with E-state index in [4.69, 9.17) is 4.74 Å². The van der Waals surface area contributed by atoms with E-state index in [0.29, 0.717) is 37.6 Å². The van der Waals surface area contributed by atoms with Gasteiger partial charge in [0.05, 0.1) is 18.6 Å². The third-order valence-electron chi connectivity index (χ3n) is 5.71. The molecule has 2 aromatic carbocycles. The zero-order valence-electron chi connectivity index (χ0n) is 18.4. The number of methoxy groups -OCH3 is 1. The molecule has 8 heteroatoms. The molecule has 1 saturated heterocycles. The van der Waals surface area contributed by atoms with Crippen LogP contribution in [0.2, 0.25) is 0 Å². The summed E-state index contributed by atoms with van der Waals surface area (Å²) in [5, 5.41) is 2.94. The lowest BCUT2D eigenvalue weighted by molar-refractivity contribution is -0.122. The monoisotopic (exact) mass is 445 g/mol. The van der Waals surface area contributed by atoms with Gasteiger partial charge in [0.2, 0.25) is 15.9 Å². The third-order valence-corrected chi connectivity index (χ3v) is 7.60. The molecule has 2 aromatic rings. The van der Waals surface area contributed by atoms with Crippen LogP contribution in [0, 0.1) is 13.8 Å². The molecule has 1 aliphatic rings. The van der Waals surface area contributed by atoms with Crippen LogP contribution in [-0.2, 0) is 21.2 Å². The molecule has 0 aliphatic carbocycles. The molecule has 168 valence electrons. The van der Waals surface area contributed by atoms with Gasteiger partial charge in [0.1, 0.15) is 5.75 Å². The van der Waals surface area contributed by atoms with E-state index in [0.717, 1.165) is 28.9 Å². The van der Waals surface area contributed by atoms with Gasteiger partial charge in [-0.15, -0.1) is 0 Å². The molecule has 1 amide bonds. The fraction of sp³-hybridized carbons (Fsp3) is 0.435. The van der Waals surface area contributed by atoms with Crippen LogP contribution in [0.25, 0.3) is 0 Å². The molecule has 0 aromatic heterocycles. The van der Waals surface area contributed by atoms with Crippen LogP contribution in [0.4, 0.5) is 0 Å². The van der Waals surface area contributed by atoms with Gasteiger partial charge in [-0.2, -0.15) is 4.31 Å². The first-order chi connectivity index (χ1) is 14.8. The maximum Gasteiger partial charge on any atom is 0.243 e. The van der Waals surface area contributed by atoms with Gasteiger partial charge >= 0.3 is 0 Å². The molecular formula is C23H31N3O4S. The van der Waals surface area contributed by atoms with Crippen LogP contribution in [0.1, 0.15) is 16.7 Å². The average molecular weight is 446 g/mol. The van der Waals surface area contributed by atoms with Gasteiger partial charge < -0.3 is 10.1 Å². The number of rotatable bonds is 8. The summed E-state index contributed by atoms with van der Waals surface area (Å²) in [6, 6.07) is 13.0. The molecule has 0 unspecified atom stereocenters. The largest absolute Gasteiger partial charge is 0.497 e. The highest BCUT2D eigenvalue weighted by molar-refractivity contribution is 7.89. The summed E-state index contributed by atoms with van der Waals surface area (Å²) in [4.78, 5) is 14.6. The summed E-state index contributed by atoms with van der Waals surface area (Å²) in [6.45, 7) is 6.56. The predicted octanol–water partition coefficient (Wildman–Crippen LogP) is 1.98. The van der Waals surface area contributed by atoms with Gasteiger partial charge in [-0.05, 0) is 61.2 Å². The van der Waals surface area contributed by atoms with Crippen molar-refractivity contribution in [3.8, 4) is 5.75 Å². The molecule has 3 rings (SSSR count). The second-order valence-electron chi connectivity index (χ2n) is 7.87. The minimum Gasteiger partial charge on any atom is -0.497 e. The Balaban J connectivity index is 1.43. The minimum absolute atomic E-state index is 0.0426. The molecule has 1 heterocycles. The Hall–Kier alpha value is -2.42. The second-order valence-corrected chi connectivity index (χ2v) is 9.81. The van der Waals surface area contributed by atoms with Crippen LogP contribution in [-0.4, -0.2) is 69.9 Å². The molecule has 0 bridgehead atoms. The number of hydrogen-bond donors (Lipinski definition) is 1. The Morgan fingerprint density at radius 3 is 2.29 bits per heavy atom. The summed E-state index contributed by atoms with van der Waals surface area (Å²) < 4.78 is 32.5. The smallest absolute Gasteiger partial charge is 0.243 e. The normalized spacial score (nSPS) is 15.6. The summed E-state index contributed by atoms with van der Waals surface area (Å²) in [6.07, 6.45) is 0.748. The number of benzene rings is 2. The third kappa shape index (κ3) is 6.06. The minimum atomic E-state index is -3.51. The highest BCUT2D eigenvalue weighted by Gasteiger charge is 2.29. The molecule has 0 spiro atoms. The Kier molecular flexibility index (Phi) is 7.69. The number of ether oxygens (including phenoxy) is 1. The first-order valence-electron chi connectivity index (χ1n) is 10.5. The molecule has 0 atom stereocenters. The van der Waals surface area contributed by atoms with E-state index in [1.807, 2.05) is 49.1 Å². The highest BCUT2D eigenvalue weighted by Crippen LogP contribution is 2.20. The van der Waals surface area contributed by atoms with Crippen LogP contribution in [0.15, 0.2) is 47.4 Å². The molecule has 1 N–H and O–H groups in total. The van der Waals surface area contributed by atoms with E-state index >= 15 is 0 Å². The van der Waals surface area contributed by atoms with Gasteiger partial charge in [0.15, 0.2) is 0 Å². The van der Waals surface area contributed by atoms with Gasteiger partial charge in [-0.3, -0.25) is 9.69 Å². The van der Waals surface area contributed by atoms with Crippen molar-refractivity contribution >= 4 is 15.9 Å². The number of amides is 1. The summed E-state index contributed by atoms with van der Waals surface area (Å²) in [5.74, 6) is 0.769. The number of nitrogens with zero attached hydrogens (tertiary/aromatic N) is 2. The molecule has 1 fully saturated rings. The number of sulfonamides is 1. The van der Waals surface area contributed by atoms with Gasteiger partial charge in [-0.25, -0.2) is 8.42 Å². The topological polar surface area (TPSA) is 79.0 Å². The fourth-order valence-corrected chi connectivity index (χ4v) is 5.06. The first kappa shape index (κ1) is 23.2. The van der Waals surface area contributed by atoms with Crippen LogP contribution >= 0.6 is 0 Å². The van der Waals surface area contributed by atoms with Crippen molar-refractivity contribution in [3.63, 3.8) is 0 Å². The molecule has 1 aliphatic heterocycles. The van der Waals surface area contributed by atoms with E-state index in [1.165, 1.54) is 4.31 Å². The summed E-state index contributed by atoms with van der Waals surface area (Å²) >= 11 is 0. The van der Waals surface area contributed by atoms with E-state index < -0.39 is 10.0 Å². The van der Waals surface area contributed by atoms with E-state index in [2.05, 4.69) is 5.32 Å². The number of carbonyl (C=O) groups excluding carboxylic acids is 1. The second kappa shape index (κ2) is 10.3. The fourth-order valence-electron chi connectivity index (χ4n) is 3.55. The first-order valence-corrected chi connectivity index (χ1v) is 11.9. The Bertz CT molecular complexity index is 998. The summed E-state index contributed by atoms with van der Waals surface area (Å²) in [7, 11) is -1.87. The average Bonchev–Trinajstić information content (AvgIpc) is 2.76. The van der Waals surface area contributed by atoms with Crippen LogP contribution in [0.3, 0.4) is 0 Å². The maximum absolute atomic E-state index is 12.9. The number of hydrogen-bond acceptors (Lipinski definition) is 5. The molecular weight excluding hydrogens is 414 g/mol. The van der Waals surface area contributed by atoms with Crippen molar-refractivity contribution in [1.29, 1.82) is 0 Å². The molecule has 7 nitrogen and oxygen atoms in total. The number of carbonyl (C=O) groups is 1. The Labute approximate surface area is 185 Å². The van der Waals surface area contributed by atoms with Crippen molar-refractivity contribution < 1.29 is 17.9 Å². The van der Waals surface area contributed by atoms with Crippen molar-refractivity contribution in [1.82, 2.24) is 14.5 Å². The van der Waals surface area contributed by atoms with Crippen molar-refractivity contribution in [2.75, 3.05) is 46.4 Å². The zero-order chi connectivity index (χ0) is 22.4. The standard InChI is InChI=1S/C23H31N3O4S/c1-18-4-9-22(16-19(18)2)31(28,29)26-14-12-25(13-15-26)17-23(27)24-11-10-20-5-7-21(30-3)8-6-20/h4-9,16H,10-15,17H2,1-3H3,(H,24,27). The quantitative estimate of drug-likeness (QED) is 0.672. The number of aryl methyl sites for hydroxylation is 2. The number of nitrogens with one attached hydrogen (secondary N) is 1. The lowest BCUT2D eigenvalue weighted by atomic mass is 10.1.